The van der Waals surface area contributed by atoms with E-state index in [2.05, 4.69) is 0 Å². The number of ether oxygens (including phenoxy) is 1. The average Bonchev–Trinajstić information content (AvgIpc) is 3.38. The van der Waals surface area contributed by atoms with Crippen LogP contribution in [0.4, 0.5) is 11.4 Å². The predicted molar refractivity (Wildman–Crippen MR) is 147 cm³/mol. The van der Waals surface area contributed by atoms with E-state index in [0.29, 0.717) is 11.5 Å². The topological polar surface area (TPSA) is 159 Å². The Balaban J connectivity index is 1.18. The van der Waals surface area contributed by atoms with Gasteiger partial charge in [-0.05, 0) is 91.3 Å². The minimum Gasteiger partial charge on any atom is -0.478 e. The molecule has 6 rings (SSSR count). The van der Waals surface area contributed by atoms with E-state index in [4.69, 9.17) is 4.74 Å². The lowest BCUT2D eigenvalue weighted by molar-refractivity contribution is 0.0685. The summed E-state index contributed by atoms with van der Waals surface area (Å²) in [5.74, 6) is -4.05. The smallest absolute Gasteiger partial charge is 0.335 e. The second kappa shape index (κ2) is 9.52. The van der Waals surface area contributed by atoms with Gasteiger partial charge in [-0.1, -0.05) is 0 Å². The van der Waals surface area contributed by atoms with Crippen molar-refractivity contribution in [2.45, 2.75) is 6.92 Å². The van der Waals surface area contributed by atoms with Crippen molar-refractivity contribution in [3.8, 4) is 11.5 Å². The van der Waals surface area contributed by atoms with Crippen LogP contribution in [0.3, 0.4) is 0 Å². The fraction of sp³-hybridized carbons (Fsp3) is 0.0323. The molecule has 11 nitrogen and oxygen atoms in total. The van der Waals surface area contributed by atoms with Crippen molar-refractivity contribution in [3.05, 3.63) is 118 Å². The third-order valence-electron chi connectivity index (χ3n) is 7.10. The largest absolute Gasteiger partial charge is 0.478 e. The summed E-state index contributed by atoms with van der Waals surface area (Å²) in [4.78, 5) is 76.4. The summed E-state index contributed by atoms with van der Waals surface area (Å²) in [6.07, 6.45) is 0. The Morgan fingerprint density at radius 2 is 1.10 bits per heavy atom. The molecule has 11 heteroatoms. The van der Waals surface area contributed by atoms with E-state index in [-0.39, 0.29) is 50.3 Å². The van der Waals surface area contributed by atoms with Crippen LogP contribution < -0.4 is 14.5 Å². The number of carbonyl (C=O) groups is 6. The SMILES string of the molecule is Cc1c(C(=O)O)ccc2c1C(=O)N(c1ccc(Oc3ccc(N4C(=O)c5ccc(C(=O)O)cc5C4=O)cc3)cc1)C2=O. The van der Waals surface area contributed by atoms with E-state index in [1.807, 2.05) is 0 Å². The zero-order valence-corrected chi connectivity index (χ0v) is 21.7. The van der Waals surface area contributed by atoms with Gasteiger partial charge in [-0.3, -0.25) is 19.2 Å². The fourth-order valence-corrected chi connectivity index (χ4v) is 5.03. The molecule has 0 spiro atoms. The summed E-state index contributed by atoms with van der Waals surface area (Å²) in [6.45, 7) is 1.49. The minimum absolute atomic E-state index is 0.0101. The molecule has 0 aliphatic carbocycles. The third-order valence-corrected chi connectivity index (χ3v) is 7.10. The zero-order chi connectivity index (χ0) is 29.9. The molecular weight excluding hydrogens is 544 g/mol. The first-order valence-electron chi connectivity index (χ1n) is 12.5. The van der Waals surface area contributed by atoms with Crippen LogP contribution in [-0.2, 0) is 0 Å². The first-order valence-corrected chi connectivity index (χ1v) is 12.5. The van der Waals surface area contributed by atoms with Gasteiger partial charge in [0.25, 0.3) is 23.6 Å². The molecule has 0 saturated carbocycles. The molecule has 0 radical (unpaired) electrons. The molecule has 2 N–H and O–H groups in total. The Morgan fingerprint density at radius 3 is 1.64 bits per heavy atom. The van der Waals surface area contributed by atoms with E-state index in [1.165, 1.54) is 61.5 Å². The second-order valence-electron chi connectivity index (χ2n) is 9.51. The maximum atomic E-state index is 13.1. The van der Waals surface area contributed by atoms with Crippen molar-refractivity contribution >= 4 is 46.9 Å². The standard InChI is InChI=1S/C31H18N2O9/c1-15-21(31(40)41)12-13-23-25(15)29(37)33(27(23)35)18-5-9-20(10-6-18)42-19-7-3-17(4-8-19)32-26(34)22-11-2-16(30(38)39)14-24(22)28(32)36/h2-14H,1H3,(H,38,39)(H,40,41). The van der Waals surface area contributed by atoms with Crippen LogP contribution in [0.25, 0.3) is 0 Å². The number of benzene rings is 4. The first-order chi connectivity index (χ1) is 20.1. The quantitative estimate of drug-likeness (QED) is 0.315. The Bertz CT molecular complexity index is 1890. The number of rotatable bonds is 6. The van der Waals surface area contributed by atoms with Gasteiger partial charge in [-0.2, -0.15) is 0 Å². The molecular formula is C31H18N2O9. The second-order valence-corrected chi connectivity index (χ2v) is 9.51. The van der Waals surface area contributed by atoms with Gasteiger partial charge in [0.1, 0.15) is 11.5 Å². The number of aromatic carboxylic acids is 2. The highest BCUT2D eigenvalue weighted by Gasteiger charge is 2.39. The van der Waals surface area contributed by atoms with Crippen molar-refractivity contribution in [2.75, 3.05) is 9.80 Å². The number of anilines is 2. The lowest BCUT2D eigenvalue weighted by Crippen LogP contribution is -2.29. The summed E-state index contributed by atoms with van der Waals surface area (Å²) in [7, 11) is 0. The predicted octanol–water partition coefficient (Wildman–Crippen LogP) is 4.78. The Kier molecular flexibility index (Phi) is 5.93. The van der Waals surface area contributed by atoms with Crippen molar-refractivity contribution < 1.29 is 43.7 Å². The number of hydrogen-bond donors (Lipinski definition) is 2. The van der Waals surface area contributed by atoms with Gasteiger partial charge in [0.15, 0.2) is 0 Å². The van der Waals surface area contributed by atoms with Gasteiger partial charge in [0.05, 0.1) is 44.8 Å². The summed E-state index contributed by atoms with van der Waals surface area (Å²) < 4.78 is 5.84. The maximum absolute atomic E-state index is 13.1. The molecule has 206 valence electrons. The van der Waals surface area contributed by atoms with Crippen LogP contribution >= 0.6 is 0 Å². The fourth-order valence-electron chi connectivity index (χ4n) is 5.03. The lowest BCUT2D eigenvalue weighted by atomic mass is 9.98. The van der Waals surface area contributed by atoms with Gasteiger partial charge < -0.3 is 14.9 Å². The molecule has 42 heavy (non-hydrogen) atoms. The molecule has 0 aromatic heterocycles. The number of carboxylic acids is 2. The van der Waals surface area contributed by atoms with Gasteiger partial charge >= 0.3 is 11.9 Å². The molecule has 0 atom stereocenters. The van der Waals surface area contributed by atoms with Gasteiger partial charge in [0.2, 0.25) is 0 Å². The lowest BCUT2D eigenvalue weighted by Gasteiger charge is -2.16. The van der Waals surface area contributed by atoms with Gasteiger partial charge in [-0.25, -0.2) is 19.4 Å². The number of amides is 4. The van der Waals surface area contributed by atoms with E-state index in [9.17, 15) is 39.0 Å². The highest BCUT2D eigenvalue weighted by atomic mass is 16.5. The van der Waals surface area contributed by atoms with Crippen LogP contribution in [-0.4, -0.2) is 45.8 Å². The number of hydrogen-bond acceptors (Lipinski definition) is 7. The molecule has 2 heterocycles. The van der Waals surface area contributed by atoms with Gasteiger partial charge in [0, 0.05) is 0 Å². The van der Waals surface area contributed by atoms with E-state index in [0.717, 1.165) is 9.80 Å². The Morgan fingerprint density at radius 1 is 0.595 bits per heavy atom. The van der Waals surface area contributed by atoms with Gasteiger partial charge in [-0.15, -0.1) is 0 Å². The van der Waals surface area contributed by atoms with Crippen LogP contribution in [0, 0.1) is 6.92 Å². The van der Waals surface area contributed by atoms with Crippen LogP contribution in [0.2, 0.25) is 0 Å². The number of carboxylic acid groups (broad SMARTS) is 2. The van der Waals surface area contributed by atoms with Crippen LogP contribution in [0.5, 0.6) is 11.5 Å². The summed E-state index contributed by atoms with van der Waals surface area (Å²) in [5, 5.41) is 18.6. The molecule has 2 aliphatic rings. The highest BCUT2D eigenvalue weighted by molar-refractivity contribution is 6.36. The monoisotopic (exact) mass is 562 g/mol. The third kappa shape index (κ3) is 3.99. The van der Waals surface area contributed by atoms with Crippen molar-refractivity contribution in [1.82, 2.24) is 0 Å². The average molecular weight is 562 g/mol. The summed E-state index contributed by atoms with van der Waals surface area (Å²) >= 11 is 0. The molecule has 0 saturated heterocycles. The maximum Gasteiger partial charge on any atom is 0.335 e. The van der Waals surface area contributed by atoms with Crippen molar-refractivity contribution in [3.63, 3.8) is 0 Å². The molecule has 0 unspecified atom stereocenters. The van der Waals surface area contributed by atoms with E-state index >= 15 is 0 Å². The number of imide groups is 2. The summed E-state index contributed by atoms with van der Waals surface area (Å²) in [6, 6.07) is 18.6. The number of fused-ring (bicyclic) bond motifs is 2. The Labute approximate surface area is 236 Å². The number of nitrogens with zero attached hydrogens (tertiary/aromatic N) is 2. The summed E-state index contributed by atoms with van der Waals surface area (Å²) in [5.41, 5.74) is 0.916. The normalized spacial score (nSPS) is 13.8. The highest BCUT2D eigenvalue weighted by Crippen LogP contribution is 2.34. The molecule has 2 aliphatic heterocycles. The van der Waals surface area contributed by atoms with Crippen molar-refractivity contribution in [1.29, 1.82) is 0 Å². The van der Waals surface area contributed by atoms with Crippen LogP contribution in [0.1, 0.15) is 67.7 Å². The van der Waals surface area contributed by atoms with Crippen molar-refractivity contribution in [2.24, 2.45) is 0 Å². The first kappa shape index (κ1) is 26.1. The minimum atomic E-state index is -1.21. The van der Waals surface area contributed by atoms with E-state index < -0.39 is 35.6 Å². The molecule has 4 amide bonds. The van der Waals surface area contributed by atoms with E-state index in [1.54, 1.807) is 24.3 Å². The number of carbonyl (C=O) groups excluding carboxylic acids is 4. The molecule has 4 aromatic rings. The molecule has 0 fully saturated rings. The zero-order valence-electron chi connectivity index (χ0n) is 21.7. The molecule has 0 bridgehead atoms. The molecule has 4 aromatic carbocycles. The van der Waals surface area contributed by atoms with Crippen LogP contribution in [0.15, 0.2) is 78.9 Å². The Hall–Kier alpha value is -6.10.